The zero-order chi connectivity index (χ0) is 25.7. The number of amides is 1. The normalized spacial score (nSPS) is 17.1. The summed E-state index contributed by atoms with van der Waals surface area (Å²) >= 11 is 0. The first-order valence-electron chi connectivity index (χ1n) is 11.9. The van der Waals surface area contributed by atoms with Gasteiger partial charge in [-0.1, -0.05) is 6.92 Å². The predicted molar refractivity (Wildman–Crippen MR) is 127 cm³/mol. The van der Waals surface area contributed by atoms with Gasteiger partial charge in [-0.05, 0) is 57.1 Å². The summed E-state index contributed by atoms with van der Waals surface area (Å²) in [5.74, 6) is -2.31. The fourth-order valence-electron chi connectivity index (χ4n) is 4.87. The number of carbonyl (C=O) groups is 2. The van der Waals surface area contributed by atoms with Crippen LogP contribution in [0.3, 0.4) is 0 Å². The molecule has 1 aromatic heterocycles. The molecule has 1 aromatic carbocycles. The first kappa shape index (κ1) is 25.1. The van der Waals surface area contributed by atoms with Gasteiger partial charge in [-0.2, -0.15) is 13.2 Å². The third kappa shape index (κ3) is 4.62. The molecule has 190 valence electrons. The number of pyridine rings is 1. The average Bonchev–Trinajstić information content (AvgIpc) is 3.64. The van der Waals surface area contributed by atoms with Crippen LogP contribution in [0.1, 0.15) is 61.5 Å². The summed E-state index contributed by atoms with van der Waals surface area (Å²) in [4.78, 5) is 40.8. The molecule has 0 radical (unpaired) electrons. The smallest absolute Gasteiger partial charge is 0.462 e. The van der Waals surface area contributed by atoms with Crippen LogP contribution in [0.25, 0.3) is 10.9 Å². The monoisotopic (exact) mass is 493 g/mol. The third-order valence-corrected chi connectivity index (χ3v) is 6.95. The number of piperidine rings is 1. The first-order valence-corrected chi connectivity index (χ1v) is 11.9. The Balaban J connectivity index is 2.02. The van der Waals surface area contributed by atoms with Crippen molar-refractivity contribution < 1.29 is 27.5 Å². The minimum Gasteiger partial charge on any atom is -0.462 e. The van der Waals surface area contributed by atoms with Gasteiger partial charge in [-0.25, -0.2) is 4.79 Å². The number of hydrogen-bond acceptors (Lipinski definition) is 5. The minimum atomic E-state index is -5.08. The van der Waals surface area contributed by atoms with Crippen LogP contribution in [0.15, 0.2) is 17.1 Å². The van der Waals surface area contributed by atoms with Crippen LogP contribution in [-0.2, 0) is 9.53 Å². The van der Waals surface area contributed by atoms with Crippen molar-refractivity contribution in [1.82, 2.24) is 4.57 Å². The van der Waals surface area contributed by atoms with Gasteiger partial charge in [-0.3, -0.25) is 9.59 Å². The summed E-state index contributed by atoms with van der Waals surface area (Å²) in [6.45, 7) is 6.87. The van der Waals surface area contributed by atoms with Gasteiger partial charge in [-0.15, -0.1) is 0 Å². The van der Waals surface area contributed by atoms with Crippen molar-refractivity contribution in [2.45, 2.75) is 58.7 Å². The highest BCUT2D eigenvalue weighted by molar-refractivity contribution is 6.05. The van der Waals surface area contributed by atoms with Crippen molar-refractivity contribution >= 4 is 34.2 Å². The highest BCUT2D eigenvalue weighted by atomic mass is 19.4. The highest BCUT2D eigenvalue weighted by Crippen LogP contribution is 2.43. The number of fused-ring (bicyclic) bond motifs is 1. The molecule has 0 atom stereocenters. The maximum atomic E-state index is 13.4. The van der Waals surface area contributed by atoms with Crippen molar-refractivity contribution in [1.29, 1.82) is 0 Å². The van der Waals surface area contributed by atoms with E-state index in [9.17, 15) is 27.6 Å². The summed E-state index contributed by atoms with van der Waals surface area (Å²) in [5.41, 5.74) is 0.936. The fourth-order valence-corrected chi connectivity index (χ4v) is 4.87. The summed E-state index contributed by atoms with van der Waals surface area (Å²) in [6.07, 6.45) is -0.100. The number of benzene rings is 1. The Hall–Kier alpha value is -3.04. The summed E-state index contributed by atoms with van der Waals surface area (Å²) < 4.78 is 47.2. The van der Waals surface area contributed by atoms with Crippen LogP contribution in [0.2, 0.25) is 0 Å². The molecule has 0 unspecified atom stereocenters. The van der Waals surface area contributed by atoms with Crippen LogP contribution < -0.4 is 15.2 Å². The number of esters is 1. The molecule has 2 heterocycles. The van der Waals surface area contributed by atoms with E-state index in [1.165, 1.54) is 12.3 Å². The van der Waals surface area contributed by atoms with E-state index in [4.69, 9.17) is 4.74 Å². The Kier molecular flexibility index (Phi) is 6.59. The zero-order valence-corrected chi connectivity index (χ0v) is 20.4. The molecule has 2 aromatic rings. The SMILES string of the molecule is CCOC(=O)c1cn(C2CC2)c2c(C)c(N3CCC(C)CC3)c(N(C)C(=O)C(F)(F)F)cc2c1=O. The van der Waals surface area contributed by atoms with Gasteiger partial charge >= 0.3 is 18.1 Å². The average molecular weight is 494 g/mol. The van der Waals surface area contributed by atoms with E-state index in [1.807, 2.05) is 9.47 Å². The van der Waals surface area contributed by atoms with E-state index in [2.05, 4.69) is 6.92 Å². The van der Waals surface area contributed by atoms with Crippen molar-refractivity contribution in [2.75, 3.05) is 36.5 Å². The van der Waals surface area contributed by atoms with Crippen molar-refractivity contribution in [3.63, 3.8) is 0 Å². The second-order valence-corrected chi connectivity index (χ2v) is 9.53. The van der Waals surface area contributed by atoms with Crippen LogP contribution >= 0.6 is 0 Å². The summed E-state index contributed by atoms with van der Waals surface area (Å²) in [7, 11) is 1.07. The van der Waals surface area contributed by atoms with Gasteiger partial charge in [0.05, 0.1) is 23.5 Å². The fraction of sp³-hybridized carbons (Fsp3) is 0.560. The number of halogens is 3. The number of nitrogens with zero attached hydrogens (tertiary/aromatic N) is 3. The van der Waals surface area contributed by atoms with E-state index < -0.39 is 23.5 Å². The summed E-state index contributed by atoms with van der Waals surface area (Å²) in [5, 5.41) is 0.103. The van der Waals surface area contributed by atoms with Crippen molar-refractivity contribution in [2.24, 2.45) is 5.92 Å². The highest BCUT2D eigenvalue weighted by Gasteiger charge is 2.43. The minimum absolute atomic E-state index is 0.00679. The number of hydrogen-bond donors (Lipinski definition) is 0. The number of aromatic nitrogens is 1. The zero-order valence-electron chi connectivity index (χ0n) is 20.4. The number of carbonyl (C=O) groups excluding carboxylic acids is 2. The second kappa shape index (κ2) is 9.20. The Morgan fingerprint density at radius 3 is 2.34 bits per heavy atom. The van der Waals surface area contributed by atoms with Gasteiger partial charge in [0.1, 0.15) is 5.56 Å². The van der Waals surface area contributed by atoms with E-state index in [0.717, 1.165) is 32.7 Å². The maximum absolute atomic E-state index is 13.4. The summed E-state index contributed by atoms with van der Waals surface area (Å²) in [6, 6.07) is 1.42. The van der Waals surface area contributed by atoms with E-state index in [-0.39, 0.29) is 29.3 Å². The molecule has 0 N–H and O–H groups in total. The molecule has 0 spiro atoms. The maximum Gasteiger partial charge on any atom is 0.471 e. The van der Waals surface area contributed by atoms with Crippen LogP contribution in [0.4, 0.5) is 24.5 Å². The number of anilines is 2. The molecule has 1 amide bonds. The molecule has 1 aliphatic carbocycles. The Labute approximate surface area is 201 Å². The predicted octanol–water partition coefficient (Wildman–Crippen LogP) is 4.58. The Bertz CT molecular complexity index is 1230. The van der Waals surface area contributed by atoms with Gasteiger partial charge in [0.15, 0.2) is 0 Å². The Morgan fingerprint density at radius 1 is 1.17 bits per heavy atom. The lowest BCUT2D eigenvalue weighted by molar-refractivity contribution is -0.170. The van der Waals surface area contributed by atoms with Crippen molar-refractivity contribution in [3.05, 3.63) is 33.6 Å². The van der Waals surface area contributed by atoms with Crippen LogP contribution in [0.5, 0.6) is 0 Å². The topological polar surface area (TPSA) is 71.8 Å². The molecular formula is C25H30F3N3O4. The molecule has 0 bridgehead atoms. The number of aryl methyl sites for hydroxylation is 1. The molecular weight excluding hydrogens is 463 g/mol. The quantitative estimate of drug-likeness (QED) is 0.570. The lowest BCUT2D eigenvalue weighted by Gasteiger charge is -2.36. The number of alkyl halides is 3. The molecule has 35 heavy (non-hydrogen) atoms. The van der Waals surface area contributed by atoms with Gasteiger partial charge < -0.3 is 19.1 Å². The molecule has 1 saturated carbocycles. The molecule has 1 aliphatic heterocycles. The third-order valence-electron chi connectivity index (χ3n) is 6.95. The van der Waals surface area contributed by atoms with E-state index >= 15 is 0 Å². The van der Waals surface area contributed by atoms with Gasteiger partial charge in [0, 0.05) is 37.8 Å². The molecule has 2 aliphatic rings. The van der Waals surface area contributed by atoms with Gasteiger partial charge in [0.2, 0.25) is 5.43 Å². The lowest BCUT2D eigenvalue weighted by Crippen LogP contribution is -2.41. The second-order valence-electron chi connectivity index (χ2n) is 9.53. The lowest BCUT2D eigenvalue weighted by atomic mass is 9.96. The van der Waals surface area contributed by atoms with Crippen LogP contribution in [0, 0.1) is 12.8 Å². The van der Waals surface area contributed by atoms with Crippen molar-refractivity contribution in [3.8, 4) is 0 Å². The molecule has 2 fully saturated rings. The Morgan fingerprint density at radius 2 is 1.80 bits per heavy atom. The van der Waals surface area contributed by atoms with E-state index in [0.29, 0.717) is 40.7 Å². The largest absolute Gasteiger partial charge is 0.471 e. The molecule has 7 nitrogen and oxygen atoms in total. The van der Waals surface area contributed by atoms with Crippen LogP contribution in [-0.4, -0.2) is 49.4 Å². The molecule has 10 heteroatoms. The first-order chi connectivity index (χ1) is 16.5. The van der Waals surface area contributed by atoms with Gasteiger partial charge in [0.25, 0.3) is 0 Å². The molecule has 1 saturated heterocycles. The number of rotatable bonds is 5. The van der Waals surface area contributed by atoms with E-state index in [1.54, 1.807) is 13.8 Å². The standard InChI is InChI=1S/C25H30F3N3O4/c1-5-35-23(33)18-13-31(16-6-7-16)20-15(3)21(30-10-8-14(2)9-11-30)19(12-17(20)22(18)32)29(4)24(34)25(26,27)28/h12-14,16H,5-11H2,1-4H3. The molecule has 4 rings (SSSR count). The number of ether oxygens (including phenoxy) is 1.